The summed E-state index contributed by atoms with van der Waals surface area (Å²) >= 11 is 0. The summed E-state index contributed by atoms with van der Waals surface area (Å²) in [6.07, 6.45) is 5.89. The van der Waals surface area contributed by atoms with Gasteiger partial charge in [0.05, 0.1) is 25.2 Å². The molecule has 0 radical (unpaired) electrons. The average molecular weight is 307 g/mol. The molecular weight excluding hydrogens is 282 g/mol. The molecule has 0 N–H and O–H groups in total. The molecule has 1 aromatic rings. The minimum absolute atomic E-state index is 0.115. The Balaban J connectivity index is 1.54. The van der Waals surface area contributed by atoms with E-state index in [4.69, 9.17) is 9.47 Å². The van der Waals surface area contributed by atoms with Gasteiger partial charge in [-0.1, -0.05) is 0 Å². The summed E-state index contributed by atoms with van der Waals surface area (Å²) < 4.78 is 13.5. The number of hydrogen-bond acceptors (Lipinski definition) is 4. The minimum atomic E-state index is 0.115. The number of imidazole rings is 1. The van der Waals surface area contributed by atoms with E-state index >= 15 is 0 Å². The molecule has 2 aliphatic heterocycles. The monoisotopic (exact) mass is 307 g/mol. The second-order valence-electron chi connectivity index (χ2n) is 6.40. The molecule has 1 saturated heterocycles. The lowest BCUT2D eigenvalue weighted by atomic mass is 10.0. The van der Waals surface area contributed by atoms with Gasteiger partial charge in [-0.3, -0.25) is 4.79 Å². The van der Waals surface area contributed by atoms with Gasteiger partial charge in [0, 0.05) is 51.9 Å². The summed E-state index contributed by atoms with van der Waals surface area (Å²) in [5, 5.41) is 0. The van der Waals surface area contributed by atoms with Crippen LogP contribution in [-0.2, 0) is 27.4 Å². The second kappa shape index (κ2) is 7.24. The topological polar surface area (TPSA) is 56.6 Å². The highest BCUT2D eigenvalue weighted by Crippen LogP contribution is 2.18. The summed E-state index contributed by atoms with van der Waals surface area (Å²) in [6.45, 7) is 7.10. The van der Waals surface area contributed by atoms with Crippen molar-refractivity contribution in [1.29, 1.82) is 0 Å². The Morgan fingerprint density at radius 3 is 2.86 bits per heavy atom. The van der Waals surface area contributed by atoms with Gasteiger partial charge in [-0.05, 0) is 18.8 Å². The van der Waals surface area contributed by atoms with Crippen LogP contribution in [0.3, 0.4) is 0 Å². The molecule has 0 spiro atoms. The molecule has 6 heteroatoms. The van der Waals surface area contributed by atoms with Gasteiger partial charge in [0.15, 0.2) is 0 Å². The second-order valence-corrected chi connectivity index (χ2v) is 6.40. The summed E-state index contributed by atoms with van der Waals surface area (Å²) in [5.41, 5.74) is 1.10. The van der Waals surface area contributed by atoms with Crippen LogP contribution >= 0.6 is 0 Å². The normalized spacial score (nSPS) is 23.1. The molecule has 122 valence electrons. The third kappa shape index (κ3) is 3.87. The zero-order valence-electron chi connectivity index (χ0n) is 13.2. The number of carbonyl (C=O) groups excluding carboxylic acids is 1. The summed E-state index contributed by atoms with van der Waals surface area (Å²) in [5.74, 6) is 1.05. The summed E-state index contributed by atoms with van der Waals surface area (Å²) in [4.78, 5) is 17.9. The molecule has 0 saturated carbocycles. The smallest absolute Gasteiger partial charge is 0.219 e. The van der Waals surface area contributed by atoms with Gasteiger partial charge in [0.1, 0.15) is 0 Å². The van der Waals surface area contributed by atoms with Crippen LogP contribution < -0.4 is 0 Å². The lowest BCUT2D eigenvalue weighted by Gasteiger charge is -2.25. The van der Waals surface area contributed by atoms with E-state index in [0.29, 0.717) is 25.0 Å². The van der Waals surface area contributed by atoms with Crippen molar-refractivity contribution in [2.45, 2.75) is 32.9 Å². The van der Waals surface area contributed by atoms with Crippen molar-refractivity contribution in [3.8, 4) is 0 Å². The summed E-state index contributed by atoms with van der Waals surface area (Å²) in [6, 6.07) is 0. The number of ether oxygens (including phenoxy) is 2. The maximum absolute atomic E-state index is 11.8. The van der Waals surface area contributed by atoms with E-state index in [1.54, 1.807) is 6.92 Å². The average Bonchev–Trinajstić information content (AvgIpc) is 2.87. The van der Waals surface area contributed by atoms with Crippen molar-refractivity contribution in [2.24, 2.45) is 11.8 Å². The molecule has 1 aromatic heterocycles. The number of nitrogens with zero attached hydrogens (tertiary/aromatic N) is 3. The van der Waals surface area contributed by atoms with Gasteiger partial charge in [-0.2, -0.15) is 0 Å². The molecule has 6 nitrogen and oxygen atoms in total. The minimum Gasteiger partial charge on any atom is -0.381 e. The summed E-state index contributed by atoms with van der Waals surface area (Å²) in [7, 11) is 0. The van der Waals surface area contributed by atoms with Crippen molar-refractivity contribution in [2.75, 3.05) is 33.0 Å². The van der Waals surface area contributed by atoms with Crippen molar-refractivity contribution >= 4 is 5.91 Å². The van der Waals surface area contributed by atoms with Gasteiger partial charge >= 0.3 is 0 Å². The van der Waals surface area contributed by atoms with Crippen molar-refractivity contribution in [3.05, 3.63) is 18.2 Å². The Morgan fingerprint density at radius 1 is 1.32 bits per heavy atom. The molecule has 2 aliphatic rings. The highest BCUT2D eigenvalue weighted by molar-refractivity contribution is 5.73. The maximum Gasteiger partial charge on any atom is 0.219 e. The van der Waals surface area contributed by atoms with Crippen molar-refractivity contribution < 1.29 is 14.3 Å². The first kappa shape index (κ1) is 15.5. The lowest BCUT2D eigenvalue weighted by Crippen LogP contribution is -2.34. The van der Waals surface area contributed by atoms with Crippen LogP contribution in [0.4, 0.5) is 0 Å². The molecule has 0 bridgehead atoms. The van der Waals surface area contributed by atoms with E-state index in [1.807, 2.05) is 17.4 Å². The van der Waals surface area contributed by atoms with Crippen LogP contribution in [-0.4, -0.2) is 53.3 Å². The number of hydrogen-bond donors (Lipinski definition) is 0. The van der Waals surface area contributed by atoms with Gasteiger partial charge in [-0.15, -0.1) is 0 Å². The van der Waals surface area contributed by atoms with Crippen LogP contribution in [0.25, 0.3) is 0 Å². The van der Waals surface area contributed by atoms with Crippen molar-refractivity contribution in [1.82, 2.24) is 14.5 Å². The van der Waals surface area contributed by atoms with E-state index in [0.717, 1.165) is 51.4 Å². The van der Waals surface area contributed by atoms with Gasteiger partial charge in [0.2, 0.25) is 5.91 Å². The van der Waals surface area contributed by atoms with E-state index in [2.05, 4.69) is 9.55 Å². The maximum atomic E-state index is 11.8. The fourth-order valence-corrected chi connectivity index (χ4v) is 3.21. The number of aromatic nitrogens is 2. The molecule has 22 heavy (non-hydrogen) atoms. The molecule has 1 unspecified atom stereocenters. The number of rotatable bonds is 4. The first-order valence-electron chi connectivity index (χ1n) is 8.12. The van der Waals surface area contributed by atoms with Crippen molar-refractivity contribution in [3.63, 3.8) is 0 Å². The first-order chi connectivity index (χ1) is 10.7. The van der Waals surface area contributed by atoms with E-state index in [9.17, 15) is 4.79 Å². The predicted octanol–water partition coefficient (Wildman–Crippen LogP) is 1.30. The molecule has 0 aromatic carbocycles. The fourth-order valence-electron chi connectivity index (χ4n) is 3.21. The highest BCUT2D eigenvalue weighted by atomic mass is 16.5. The Morgan fingerprint density at radius 2 is 2.09 bits per heavy atom. The Hall–Kier alpha value is -1.40. The van der Waals surface area contributed by atoms with Crippen LogP contribution in [0.1, 0.15) is 25.5 Å². The Kier molecular flexibility index (Phi) is 5.10. The van der Waals surface area contributed by atoms with E-state index < -0.39 is 0 Å². The van der Waals surface area contributed by atoms with Gasteiger partial charge in [0.25, 0.3) is 0 Å². The molecule has 1 amide bonds. The van der Waals surface area contributed by atoms with Crippen LogP contribution in [0.5, 0.6) is 0 Å². The van der Waals surface area contributed by atoms with Crippen LogP contribution in [0.2, 0.25) is 0 Å². The van der Waals surface area contributed by atoms with Crippen LogP contribution in [0.15, 0.2) is 12.5 Å². The third-order valence-corrected chi connectivity index (χ3v) is 4.58. The van der Waals surface area contributed by atoms with E-state index in [1.165, 1.54) is 0 Å². The third-order valence-electron chi connectivity index (χ3n) is 4.58. The number of carbonyl (C=O) groups is 1. The zero-order valence-corrected chi connectivity index (χ0v) is 13.2. The highest BCUT2D eigenvalue weighted by Gasteiger charge is 2.24. The number of amides is 1. The fraction of sp³-hybridized carbons (Fsp3) is 0.750. The Labute approximate surface area is 131 Å². The van der Waals surface area contributed by atoms with Gasteiger partial charge in [-0.25, -0.2) is 4.98 Å². The number of fused-ring (bicyclic) bond motifs is 1. The molecular formula is C16H25N3O3. The molecule has 1 atom stereocenters. The zero-order chi connectivity index (χ0) is 15.4. The molecule has 0 aliphatic carbocycles. The standard InChI is InChI=1S/C16H25N3O3/c1-13(20)18-7-15(8-19-12-17-6-16(19)9-18)11-22-10-14-2-4-21-5-3-14/h6,12,14-15H,2-5,7-11H2,1H3. The van der Waals surface area contributed by atoms with Crippen LogP contribution in [0, 0.1) is 11.8 Å². The molecule has 3 heterocycles. The Bertz CT molecular complexity index is 497. The largest absolute Gasteiger partial charge is 0.381 e. The first-order valence-corrected chi connectivity index (χ1v) is 8.12. The molecule has 3 rings (SSSR count). The SMILES string of the molecule is CC(=O)N1Cc2cncn2CC(COCC2CCOCC2)C1. The quantitative estimate of drug-likeness (QED) is 0.841. The van der Waals surface area contributed by atoms with Gasteiger partial charge < -0.3 is 18.9 Å². The van der Waals surface area contributed by atoms with E-state index in [-0.39, 0.29) is 5.91 Å². The molecule has 1 fully saturated rings. The predicted molar refractivity (Wildman–Crippen MR) is 81.2 cm³/mol. The lowest BCUT2D eigenvalue weighted by molar-refractivity contribution is -0.130.